The Morgan fingerprint density at radius 1 is 1.39 bits per heavy atom. The van der Waals surface area contributed by atoms with Gasteiger partial charge in [0.15, 0.2) is 11.4 Å². The first-order chi connectivity index (χ1) is 15.7. The van der Waals surface area contributed by atoms with Gasteiger partial charge in [-0.1, -0.05) is 12.1 Å². The fourth-order valence-corrected chi connectivity index (χ4v) is 5.86. The molecule has 9 nitrogen and oxygen atoms in total. The van der Waals surface area contributed by atoms with Gasteiger partial charge >= 0.3 is 0 Å². The topological polar surface area (TPSA) is 122 Å². The molecule has 1 atom stereocenters. The summed E-state index contributed by atoms with van der Waals surface area (Å²) >= 11 is 0. The largest absolute Gasteiger partial charge is 0.488 e. The average Bonchev–Trinajstić information content (AvgIpc) is 3.08. The van der Waals surface area contributed by atoms with Gasteiger partial charge in [-0.25, -0.2) is 13.1 Å². The quantitative estimate of drug-likeness (QED) is 0.662. The molecule has 0 radical (unpaired) electrons. The third kappa shape index (κ3) is 4.15. The number of nitriles is 1. The van der Waals surface area contributed by atoms with Crippen LogP contribution in [-0.4, -0.2) is 44.8 Å². The molecule has 2 aliphatic rings. The van der Waals surface area contributed by atoms with Crippen LogP contribution in [0.1, 0.15) is 34.5 Å². The van der Waals surface area contributed by atoms with E-state index < -0.39 is 27.4 Å². The summed E-state index contributed by atoms with van der Waals surface area (Å²) in [5.41, 5.74) is 1.23. The lowest BCUT2D eigenvalue weighted by molar-refractivity contribution is 0.0155. The van der Waals surface area contributed by atoms with E-state index in [-0.39, 0.29) is 22.9 Å². The second-order valence-electron chi connectivity index (χ2n) is 8.41. The number of anilines is 1. The van der Waals surface area contributed by atoms with Gasteiger partial charge in [0.1, 0.15) is 11.5 Å². The molecule has 0 bridgehead atoms. The van der Waals surface area contributed by atoms with E-state index >= 15 is 0 Å². The van der Waals surface area contributed by atoms with Crippen molar-refractivity contribution >= 4 is 21.6 Å². The summed E-state index contributed by atoms with van der Waals surface area (Å²) in [5, 5.41) is 12.0. The number of hydrogen-bond donors (Lipinski definition) is 2. The Morgan fingerprint density at radius 2 is 2.12 bits per heavy atom. The minimum atomic E-state index is -3.96. The Bertz CT molecular complexity index is 1250. The second kappa shape index (κ2) is 8.67. The first-order valence-corrected chi connectivity index (χ1v) is 12.1. The second-order valence-corrected chi connectivity index (χ2v) is 10.1. The van der Waals surface area contributed by atoms with E-state index in [1.54, 1.807) is 38.2 Å². The zero-order valence-electron chi connectivity index (χ0n) is 18.6. The summed E-state index contributed by atoms with van der Waals surface area (Å²) in [7, 11) is -2.37. The number of benzene rings is 1. The van der Waals surface area contributed by atoms with E-state index in [1.807, 2.05) is 0 Å². The number of carbonyl (C=O) groups excluding carboxylic acids is 1. The number of aryl methyl sites for hydroxylation is 2. The molecule has 1 amide bonds. The summed E-state index contributed by atoms with van der Waals surface area (Å²) in [5.74, 6) is -0.534. The van der Waals surface area contributed by atoms with Gasteiger partial charge in [0.05, 0.1) is 17.7 Å². The molecule has 2 N–H and O–H groups in total. The minimum absolute atomic E-state index is 0.00360. The number of aromatic nitrogens is 1. The van der Waals surface area contributed by atoms with Gasteiger partial charge in [-0.2, -0.15) is 5.26 Å². The van der Waals surface area contributed by atoms with Crippen LogP contribution in [0.5, 0.6) is 5.75 Å². The summed E-state index contributed by atoms with van der Waals surface area (Å²) in [6, 6.07) is 6.53. The highest BCUT2D eigenvalue weighted by Gasteiger charge is 2.44. The van der Waals surface area contributed by atoms with E-state index in [9.17, 15) is 18.5 Å². The number of amides is 1. The Labute approximate surface area is 193 Å². The molecule has 0 unspecified atom stereocenters. The lowest BCUT2D eigenvalue weighted by Crippen LogP contribution is -2.51. The molecular weight excluding hydrogens is 444 g/mol. The lowest BCUT2D eigenvalue weighted by Gasteiger charge is -2.40. The van der Waals surface area contributed by atoms with Crippen LogP contribution in [0.15, 0.2) is 41.9 Å². The van der Waals surface area contributed by atoms with Crippen LogP contribution in [-0.2, 0) is 21.8 Å². The van der Waals surface area contributed by atoms with Crippen LogP contribution in [0, 0.1) is 23.7 Å². The molecule has 3 heterocycles. The number of carbonyl (C=O) groups is 1. The Kier molecular flexibility index (Phi) is 6.05. The summed E-state index contributed by atoms with van der Waals surface area (Å²) in [6.07, 6.45) is 4.38. The lowest BCUT2D eigenvalue weighted by atomic mass is 9.74. The maximum absolute atomic E-state index is 13.2. The van der Waals surface area contributed by atoms with E-state index in [1.165, 1.54) is 10.8 Å². The molecular formula is C23H26N4O5S. The summed E-state index contributed by atoms with van der Waals surface area (Å²) < 4.78 is 42.1. The van der Waals surface area contributed by atoms with Crippen LogP contribution in [0.3, 0.4) is 0 Å². The first-order valence-electron chi connectivity index (χ1n) is 10.6. The Morgan fingerprint density at radius 3 is 2.79 bits per heavy atom. The number of fused-ring (bicyclic) bond motifs is 1. The van der Waals surface area contributed by atoms with Crippen LogP contribution < -0.4 is 14.8 Å². The van der Waals surface area contributed by atoms with E-state index in [0.29, 0.717) is 37.3 Å². The van der Waals surface area contributed by atoms with E-state index in [2.05, 4.69) is 22.7 Å². The van der Waals surface area contributed by atoms with Gasteiger partial charge in [0, 0.05) is 37.6 Å². The Balaban J connectivity index is 1.67. The number of rotatable bonds is 4. The van der Waals surface area contributed by atoms with Crippen molar-refractivity contribution in [1.29, 1.82) is 5.26 Å². The SMILES string of the molecule is C=CC1([C@H]2COc3c(cn(C)c3C(=O)Nc3ccc(C)c(C#N)c3)S(=O)(=O)N2)CCOCC1. The van der Waals surface area contributed by atoms with Crippen LogP contribution in [0.4, 0.5) is 5.69 Å². The number of ether oxygens (including phenoxy) is 2. The summed E-state index contributed by atoms with van der Waals surface area (Å²) in [4.78, 5) is 13.0. The van der Waals surface area contributed by atoms with Crippen molar-refractivity contribution < 1.29 is 22.7 Å². The van der Waals surface area contributed by atoms with Crippen molar-refractivity contribution in [3.05, 3.63) is 53.9 Å². The standard InChI is InChI=1S/C23H26N4O5S/c1-4-23(7-9-31-10-8-23)19-14-32-21-18(33(29,30)26-19)13-27(3)20(21)22(28)25-17-6-5-15(2)16(11-17)12-24/h4-6,11,13,19,26H,1,7-10,14H2,2-3H3,(H,25,28)/t19-/m1/s1. The van der Waals surface area contributed by atoms with Gasteiger partial charge in [-0.3, -0.25) is 4.79 Å². The van der Waals surface area contributed by atoms with Crippen LogP contribution in [0.2, 0.25) is 0 Å². The van der Waals surface area contributed by atoms with Crippen LogP contribution in [0.25, 0.3) is 0 Å². The maximum Gasteiger partial charge on any atom is 0.276 e. The average molecular weight is 471 g/mol. The fraction of sp³-hybridized carbons (Fsp3) is 0.391. The van der Waals surface area contributed by atoms with Crippen molar-refractivity contribution in [2.75, 3.05) is 25.1 Å². The predicted molar refractivity (Wildman–Crippen MR) is 122 cm³/mol. The number of hydrogen-bond acceptors (Lipinski definition) is 6. The zero-order valence-corrected chi connectivity index (χ0v) is 19.4. The van der Waals surface area contributed by atoms with Crippen molar-refractivity contribution in [1.82, 2.24) is 9.29 Å². The highest BCUT2D eigenvalue weighted by molar-refractivity contribution is 7.89. The molecule has 1 fully saturated rings. The molecule has 2 aromatic rings. The fourth-order valence-electron chi connectivity index (χ4n) is 4.36. The van der Waals surface area contributed by atoms with Crippen LogP contribution >= 0.6 is 0 Å². The van der Waals surface area contributed by atoms with Gasteiger partial charge in [0.25, 0.3) is 5.91 Å². The van der Waals surface area contributed by atoms with Gasteiger partial charge in [-0.15, -0.1) is 6.58 Å². The molecule has 174 valence electrons. The van der Waals surface area contributed by atoms with Crippen molar-refractivity contribution in [2.24, 2.45) is 12.5 Å². The minimum Gasteiger partial charge on any atom is -0.488 e. The number of nitrogens with zero attached hydrogens (tertiary/aromatic N) is 2. The molecule has 4 rings (SSSR count). The zero-order chi connectivity index (χ0) is 23.8. The molecule has 1 aromatic carbocycles. The Hall–Kier alpha value is -3.13. The van der Waals surface area contributed by atoms with Crippen molar-refractivity contribution in [3.8, 4) is 11.8 Å². The van der Waals surface area contributed by atoms with Gasteiger partial charge in [0.2, 0.25) is 10.0 Å². The third-order valence-corrected chi connectivity index (χ3v) is 7.90. The normalized spacial score (nSPS) is 21.1. The molecule has 2 aliphatic heterocycles. The van der Waals surface area contributed by atoms with E-state index in [4.69, 9.17) is 9.47 Å². The monoisotopic (exact) mass is 470 g/mol. The molecule has 1 aromatic heterocycles. The van der Waals surface area contributed by atoms with Crippen molar-refractivity contribution in [3.63, 3.8) is 0 Å². The first kappa shape index (κ1) is 23.0. The summed E-state index contributed by atoms with van der Waals surface area (Å²) in [6.45, 7) is 6.80. The number of nitrogens with one attached hydrogen (secondary N) is 2. The van der Waals surface area contributed by atoms with E-state index in [0.717, 1.165) is 5.56 Å². The molecule has 0 spiro atoms. The highest BCUT2D eigenvalue weighted by atomic mass is 32.2. The third-order valence-electron chi connectivity index (χ3n) is 6.44. The van der Waals surface area contributed by atoms with Crippen molar-refractivity contribution in [2.45, 2.75) is 30.7 Å². The molecule has 10 heteroatoms. The predicted octanol–water partition coefficient (Wildman–Crippen LogP) is 2.48. The molecule has 0 aliphatic carbocycles. The maximum atomic E-state index is 13.2. The highest BCUT2D eigenvalue weighted by Crippen LogP contribution is 2.40. The van der Waals surface area contributed by atoms with Gasteiger partial charge in [-0.05, 0) is 37.5 Å². The smallest absolute Gasteiger partial charge is 0.276 e. The molecule has 0 saturated carbocycles. The molecule has 1 saturated heterocycles. The molecule has 33 heavy (non-hydrogen) atoms. The number of sulfonamides is 1. The van der Waals surface area contributed by atoms with Gasteiger partial charge < -0.3 is 19.4 Å².